The fourth-order valence-corrected chi connectivity index (χ4v) is 2.33. The molecule has 20 heavy (non-hydrogen) atoms. The summed E-state index contributed by atoms with van der Waals surface area (Å²) >= 11 is 0. The number of hydrogen-bond acceptors (Lipinski definition) is 4. The van der Waals surface area contributed by atoms with Crippen LogP contribution in [0, 0.1) is 5.92 Å². The largest absolute Gasteiger partial charge is 0.469 e. The third-order valence-electron chi connectivity index (χ3n) is 3.46. The van der Waals surface area contributed by atoms with Crippen LogP contribution < -0.4 is 15.5 Å². The highest BCUT2D eigenvalue weighted by molar-refractivity contribution is 5.84. The van der Waals surface area contributed by atoms with E-state index < -0.39 is 0 Å². The first kappa shape index (κ1) is 16.4. The molecule has 0 saturated carbocycles. The second kappa shape index (κ2) is 8.52. The Kier molecular flexibility index (Phi) is 7.00. The van der Waals surface area contributed by atoms with E-state index in [2.05, 4.69) is 10.6 Å². The molecule has 1 rings (SSSR count). The van der Waals surface area contributed by atoms with E-state index in [1.807, 2.05) is 6.92 Å². The third-order valence-corrected chi connectivity index (χ3v) is 3.46. The molecule has 7 nitrogen and oxygen atoms in total. The molecule has 0 radical (unpaired) electrons. The second-order valence-corrected chi connectivity index (χ2v) is 4.95. The molecule has 0 aliphatic carbocycles. The average molecular weight is 286 g/mol. The molecule has 0 atom stereocenters. The number of piperidine rings is 1. The van der Waals surface area contributed by atoms with Gasteiger partial charge in [-0.1, -0.05) is 0 Å². The molecule has 2 amide bonds. The van der Waals surface area contributed by atoms with Crippen molar-refractivity contribution in [2.45, 2.75) is 19.8 Å². The molecule has 1 aliphatic heterocycles. The Balaban J connectivity index is 2.21. The van der Waals surface area contributed by atoms with Crippen molar-refractivity contribution in [3.8, 4) is 0 Å². The molecule has 0 spiro atoms. The van der Waals surface area contributed by atoms with E-state index in [1.165, 1.54) is 7.11 Å². The molecule has 1 aliphatic rings. The highest BCUT2D eigenvalue weighted by atomic mass is 16.5. The first-order valence-corrected chi connectivity index (χ1v) is 7.01. The van der Waals surface area contributed by atoms with Crippen LogP contribution in [-0.4, -0.2) is 57.6 Å². The number of quaternary nitrogens is 1. The first-order valence-electron chi connectivity index (χ1n) is 7.01. The maximum atomic E-state index is 11.7. The summed E-state index contributed by atoms with van der Waals surface area (Å²) in [5, 5.41) is 5.21. The molecule has 7 heteroatoms. The predicted molar refractivity (Wildman–Crippen MR) is 72.0 cm³/mol. The van der Waals surface area contributed by atoms with Gasteiger partial charge in [-0.15, -0.1) is 0 Å². The molecule has 1 fully saturated rings. The minimum absolute atomic E-state index is 0.0186. The van der Waals surface area contributed by atoms with Crippen LogP contribution in [0.2, 0.25) is 0 Å². The lowest BCUT2D eigenvalue weighted by Crippen LogP contribution is -3.14. The molecule has 0 unspecified atom stereocenters. The zero-order valence-electron chi connectivity index (χ0n) is 12.2. The predicted octanol–water partition coefficient (Wildman–Crippen LogP) is -2.29. The van der Waals surface area contributed by atoms with Crippen molar-refractivity contribution in [3.63, 3.8) is 0 Å². The van der Waals surface area contributed by atoms with Gasteiger partial charge in [-0.25, -0.2) is 0 Å². The molecule has 0 aromatic carbocycles. The van der Waals surface area contributed by atoms with Gasteiger partial charge in [0.05, 0.1) is 32.7 Å². The van der Waals surface area contributed by atoms with Crippen LogP contribution in [0.3, 0.4) is 0 Å². The molecule has 3 N–H and O–H groups in total. The van der Waals surface area contributed by atoms with E-state index in [0.29, 0.717) is 13.1 Å². The number of carbonyl (C=O) groups is 3. The monoisotopic (exact) mass is 286 g/mol. The molecular formula is C13H24N3O4+. The molecule has 1 saturated heterocycles. The van der Waals surface area contributed by atoms with Crippen LogP contribution in [0.15, 0.2) is 0 Å². The zero-order chi connectivity index (χ0) is 15.0. The lowest BCUT2D eigenvalue weighted by Gasteiger charge is -2.27. The minimum atomic E-state index is -0.180. The zero-order valence-corrected chi connectivity index (χ0v) is 12.2. The smallest absolute Gasteiger partial charge is 0.309 e. The Morgan fingerprint density at radius 2 is 1.80 bits per heavy atom. The third kappa shape index (κ3) is 5.56. The summed E-state index contributed by atoms with van der Waals surface area (Å²) in [4.78, 5) is 35.4. The van der Waals surface area contributed by atoms with Gasteiger partial charge in [-0.05, 0) is 6.92 Å². The van der Waals surface area contributed by atoms with E-state index in [9.17, 15) is 14.4 Å². The maximum Gasteiger partial charge on any atom is 0.309 e. The minimum Gasteiger partial charge on any atom is -0.469 e. The van der Waals surface area contributed by atoms with Gasteiger partial charge in [0.25, 0.3) is 5.91 Å². The second-order valence-electron chi connectivity index (χ2n) is 4.95. The van der Waals surface area contributed by atoms with Crippen molar-refractivity contribution in [1.82, 2.24) is 10.6 Å². The number of amides is 2. The SMILES string of the molecule is CCNC(=O)CNC(=O)C[NH+]1CCC(C(=O)OC)CC1. The van der Waals surface area contributed by atoms with Gasteiger partial charge < -0.3 is 20.3 Å². The van der Waals surface area contributed by atoms with Crippen LogP contribution in [0.5, 0.6) is 0 Å². The molecule has 114 valence electrons. The van der Waals surface area contributed by atoms with Crippen LogP contribution in [-0.2, 0) is 19.1 Å². The summed E-state index contributed by atoms with van der Waals surface area (Å²) < 4.78 is 4.72. The number of likely N-dealkylation sites (N-methyl/N-ethyl adjacent to an activating group) is 1. The van der Waals surface area contributed by atoms with E-state index in [4.69, 9.17) is 4.74 Å². The summed E-state index contributed by atoms with van der Waals surface area (Å²) in [6.45, 7) is 4.29. The number of ether oxygens (including phenoxy) is 1. The lowest BCUT2D eigenvalue weighted by atomic mass is 9.97. The number of methoxy groups -OCH3 is 1. The number of esters is 1. The van der Waals surface area contributed by atoms with Crippen molar-refractivity contribution < 1.29 is 24.0 Å². The van der Waals surface area contributed by atoms with Gasteiger partial charge in [0.1, 0.15) is 0 Å². The number of likely N-dealkylation sites (tertiary alicyclic amines) is 1. The Labute approximate surface area is 119 Å². The maximum absolute atomic E-state index is 11.7. The van der Waals surface area contributed by atoms with Crippen molar-refractivity contribution >= 4 is 17.8 Å². The molecule has 1 heterocycles. The molecule has 0 bridgehead atoms. The molecule has 0 aromatic heterocycles. The lowest BCUT2D eigenvalue weighted by molar-refractivity contribution is -0.897. The number of carbonyl (C=O) groups excluding carboxylic acids is 3. The Bertz CT molecular complexity index is 352. The van der Waals surface area contributed by atoms with Crippen molar-refractivity contribution in [3.05, 3.63) is 0 Å². The average Bonchev–Trinajstić information content (AvgIpc) is 2.45. The summed E-state index contributed by atoms with van der Waals surface area (Å²) in [7, 11) is 1.40. The van der Waals surface area contributed by atoms with Gasteiger partial charge in [-0.2, -0.15) is 0 Å². The van der Waals surface area contributed by atoms with Gasteiger partial charge in [0.15, 0.2) is 6.54 Å². The van der Waals surface area contributed by atoms with E-state index in [-0.39, 0.29) is 30.2 Å². The Morgan fingerprint density at radius 1 is 1.15 bits per heavy atom. The first-order chi connectivity index (χ1) is 9.56. The van der Waals surface area contributed by atoms with E-state index >= 15 is 0 Å². The number of hydrogen-bond donors (Lipinski definition) is 3. The van der Waals surface area contributed by atoms with Crippen LogP contribution in [0.25, 0.3) is 0 Å². The molecular weight excluding hydrogens is 262 g/mol. The number of rotatable bonds is 6. The topological polar surface area (TPSA) is 88.9 Å². The van der Waals surface area contributed by atoms with Crippen molar-refractivity contribution in [1.29, 1.82) is 0 Å². The number of nitrogens with one attached hydrogen (secondary N) is 3. The summed E-state index contributed by atoms with van der Waals surface area (Å²) in [6, 6.07) is 0. The quantitative estimate of drug-likeness (QED) is 0.479. The standard InChI is InChI=1S/C13H23N3O4/c1-3-14-11(17)8-15-12(18)9-16-6-4-10(5-7-16)13(19)20-2/h10H,3-9H2,1-2H3,(H,14,17)(H,15,18)/p+1. The molecule has 0 aromatic rings. The van der Waals surface area contributed by atoms with E-state index in [0.717, 1.165) is 30.8 Å². The van der Waals surface area contributed by atoms with Crippen molar-refractivity contribution in [2.24, 2.45) is 5.92 Å². The van der Waals surface area contributed by atoms with Crippen molar-refractivity contribution in [2.75, 3.05) is 39.8 Å². The van der Waals surface area contributed by atoms with Gasteiger partial charge in [-0.3, -0.25) is 14.4 Å². The van der Waals surface area contributed by atoms with E-state index in [1.54, 1.807) is 0 Å². The Hall–Kier alpha value is -1.63. The highest BCUT2D eigenvalue weighted by Gasteiger charge is 2.28. The normalized spacial score (nSPS) is 21.9. The van der Waals surface area contributed by atoms with Gasteiger partial charge in [0, 0.05) is 19.4 Å². The van der Waals surface area contributed by atoms with Gasteiger partial charge >= 0.3 is 5.97 Å². The summed E-state index contributed by atoms with van der Waals surface area (Å²) in [6.07, 6.45) is 1.48. The highest BCUT2D eigenvalue weighted by Crippen LogP contribution is 2.10. The summed E-state index contributed by atoms with van der Waals surface area (Å²) in [5.41, 5.74) is 0. The van der Waals surface area contributed by atoms with Crippen LogP contribution in [0.4, 0.5) is 0 Å². The fourth-order valence-electron chi connectivity index (χ4n) is 2.33. The van der Waals surface area contributed by atoms with Crippen LogP contribution in [0.1, 0.15) is 19.8 Å². The fraction of sp³-hybridized carbons (Fsp3) is 0.769. The van der Waals surface area contributed by atoms with Crippen LogP contribution >= 0.6 is 0 Å². The Morgan fingerprint density at radius 3 is 2.35 bits per heavy atom. The van der Waals surface area contributed by atoms with Gasteiger partial charge in [0.2, 0.25) is 5.91 Å². The summed E-state index contributed by atoms with van der Waals surface area (Å²) in [5.74, 6) is -0.519.